The lowest BCUT2D eigenvalue weighted by atomic mass is 10.1. The second-order valence-electron chi connectivity index (χ2n) is 7.43. The van der Waals surface area contributed by atoms with Gasteiger partial charge in [-0.15, -0.1) is 0 Å². The van der Waals surface area contributed by atoms with Crippen LogP contribution in [0.3, 0.4) is 0 Å². The van der Waals surface area contributed by atoms with Gasteiger partial charge in [0.2, 0.25) is 0 Å². The summed E-state index contributed by atoms with van der Waals surface area (Å²) in [6, 6.07) is 12.9. The predicted octanol–water partition coefficient (Wildman–Crippen LogP) is 5.35. The highest BCUT2D eigenvalue weighted by molar-refractivity contribution is 6.05. The number of carboxylic acid groups (broad SMARTS) is 1. The quantitative estimate of drug-likeness (QED) is 0.319. The molecule has 1 aromatic heterocycles. The Kier molecular flexibility index (Phi) is 6.32. The van der Waals surface area contributed by atoms with Crippen molar-refractivity contribution in [2.24, 2.45) is 0 Å². The zero-order valence-electron chi connectivity index (χ0n) is 17.7. The SMILES string of the molecule is O=C(Nc1cccc(CNc2ncnc3c(C(=O)O)cccc23)c1)c1ccc(C(F)(F)F)cc1F. The number of para-hydroxylation sites is 1. The smallest absolute Gasteiger partial charge is 0.416 e. The number of alkyl halides is 3. The van der Waals surface area contributed by atoms with E-state index in [1.165, 1.54) is 12.4 Å². The molecule has 0 saturated carbocycles. The van der Waals surface area contributed by atoms with Gasteiger partial charge >= 0.3 is 12.1 Å². The second-order valence-corrected chi connectivity index (χ2v) is 7.43. The van der Waals surface area contributed by atoms with E-state index in [1.807, 2.05) is 0 Å². The number of hydrogen-bond donors (Lipinski definition) is 3. The maximum absolute atomic E-state index is 14.1. The highest BCUT2D eigenvalue weighted by Gasteiger charge is 2.31. The molecule has 0 saturated heterocycles. The van der Waals surface area contributed by atoms with Gasteiger partial charge in [-0.3, -0.25) is 4.79 Å². The molecule has 0 spiro atoms. The van der Waals surface area contributed by atoms with Crippen LogP contribution in [0.15, 0.2) is 67.0 Å². The summed E-state index contributed by atoms with van der Waals surface area (Å²) in [5, 5.41) is 15.4. The van der Waals surface area contributed by atoms with E-state index < -0.39 is 35.0 Å². The lowest BCUT2D eigenvalue weighted by molar-refractivity contribution is -0.137. The number of carboxylic acids is 1. The summed E-state index contributed by atoms with van der Waals surface area (Å²) >= 11 is 0. The zero-order valence-corrected chi connectivity index (χ0v) is 17.7. The van der Waals surface area contributed by atoms with Crippen molar-refractivity contribution in [3.63, 3.8) is 0 Å². The monoisotopic (exact) mass is 484 g/mol. The van der Waals surface area contributed by atoms with Gasteiger partial charge in [0.1, 0.15) is 18.0 Å². The Bertz CT molecular complexity index is 1440. The molecule has 11 heteroatoms. The van der Waals surface area contributed by atoms with E-state index in [-0.39, 0.29) is 23.7 Å². The Morgan fingerprint density at radius 1 is 0.943 bits per heavy atom. The molecule has 178 valence electrons. The van der Waals surface area contributed by atoms with Crippen molar-refractivity contribution in [3.8, 4) is 0 Å². The van der Waals surface area contributed by atoms with Crippen LogP contribution in [-0.4, -0.2) is 27.0 Å². The van der Waals surface area contributed by atoms with Crippen LogP contribution < -0.4 is 10.6 Å². The molecule has 0 aliphatic carbocycles. The summed E-state index contributed by atoms with van der Waals surface area (Å²) in [5.41, 5.74) is -0.410. The van der Waals surface area contributed by atoms with E-state index in [4.69, 9.17) is 0 Å². The third kappa shape index (κ3) is 5.18. The summed E-state index contributed by atoms with van der Waals surface area (Å²) in [6.45, 7) is 0.238. The Labute approximate surface area is 195 Å². The van der Waals surface area contributed by atoms with E-state index in [2.05, 4.69) is 20.6 Å². The fourth-order valence-corrected chi connectivity index (χ4v) is 3.42. The van der Waals surface area contributed by atoms with Gasteiger partial charge in [-0.05, 0) is 48.0 Å². The van der Waals surface area contributed by atoms with E-state index in [9.17, 15) is 32.3 Å². The molecule has 0 aliphatic heterocycles. The molecule has 3 aromatic carbocycles. The van der Waals surface area contributed by atoms with Gasteiger partial charge < -0.3 is 15.7 Å². The number of aromatic nitrogens is 2. The van der Waals surface area contributed by atoms with Crippen LogP contribution in [0.4, 0.5) is 29.1 Å². The van der Waals surface area contributed by atoms with Crippen molar-refractivity contribution < 1.29 is 32.3 Å². The lowest BCUT2D eigenvalue weighted by Crippen LogP contribution is -2.15. The number of halogens is 4. The average Bonchev–Trinajstić information content (AvgIpc) is 2.81. The van der Waals surface area contributed by atoms with Gasteiger partial charge in [0, 0.05) is 17.6 Å². The first kappa shape index (κ1) is 23.6. The molecule has 0 fully saturated rings. The summed E-state index contributed by atoms with van der Waals surface area (Å²) in [4.78, 5) is 32.0. The number of nitrogens with zero attached hydrogens (tertiary/aromatic N) is 2. The number of anilines is 2. The molecule has 1 heterocycles. The van der Waals surface area contributed by atoms with Gasteiger partial charge in [-0.1, -0.05) is 18.2 Å². The highest BCUT2D eigenvalue weighted by Crippen LogP contribution is 2.30. The minimum absolute atomic E-state index is 0.0353. The van der Waals surface area contributed by atoms with Crippen LogP contribution in [0, 0.1) is 5.82 Å². The van der Waals surface area contributed by atoms with Gasteiger partial charge in [-0.2, -0.15) is 13.2 Å². The molecular weight excluding hydrogens is 468 g/mol. The number of carbonyl (C=O) groups excluding carboxylic acids is 1. The fraction of sp³-hybridized carbons (Fsp3) is 0.0833. The van der Waals surface area contributed by atoms with Crippen molar-refractivity contribution in [1.29, 1.82) is 0 Å². The Morgan fingerprint density at radius 3 is 2.43 bits per heavy atom. The maximum atomic E-state index is 14.1. The highest BCUT2D eigenvalue weighted by atomic mass is 19.4. The molecule has 0 radical (unpaired) electrons. The number of nitrogens with one attached hydrogen (secondary N) is 2. The van der Waals surface area contributed by atoms with Crippen molar-refractivity contribution in [1.82, 2.24) is 9.97 Å². The zero-order chi connectivity index (χ0) is 25.2. The molecule has 4 aromatic rings. The number of benzene rings is 3. The topological polar surface area (TPSA) is 104 Å². The van der Waals surface area contributed by atoms with Crippen LogP contribution >= 0.6 is 0 Å². The number of aromatic carboxylic acids is 1. The molecule has 0 unspecified atom stereocenters. The maximum Gasteiger partial charge on any atom is 0.416 e. The summed E-state index contributed by atoms with van der Waals surface area (Å²) in [5.74, 6) is -2.90. The number of hydrogen-bond acceptors (Lipinski definition) is 5. The van der Waals surface area contributed by atoms with E-state index in [1.54, 1.807) is 36.4 Å². The Morgan fingerprint density at radius 2 is 1.71 bits per heavy atom. The van der Waals surface area contributed by atoms with Crippen LogP contribution in [-0.2, 0) is 12.7 Å². The molecule has 3 N–H and O–H groups in total. The van der Waals surface area contributed by atoms with E-state index in [0.29, 0.717) is 28.5 Å². The van der Waals surface area contributed by atoms with E-state index >= 15 is 0 Å². The summed E-state index contributed by atoms with van der Waals surface area (Å²) in [6.07, 6.45) is -3.48. The summed E-state index contributed by atoms with van der Waals surface area (Å²) in [7, 11) is 0. The third-order valence-electron chi connectivity index (χ3n) is 5.08. The van der Waals surface area contributed by atoms with Gasteiger partial charge in [-0.25, -0.2) is 19.2 Å². The fourth-order valence-electron chi connectivity index (χ4n) is 3.42. The van der Waals surface area contributed by atoms with Gasteiger partial charge in [0.15, 0.2) is 0 Å². The van der Waals surface area contributed by atoms with Crippen LogP contribution in [0.1, 0.15) is 31.8 Å². The molecule has 4 rings (SSSR count). The van der Waals surface area contributed by atoms with Crippen molar-refractivity contribution >= 4 is 34.3 Å². The van der Waals surface area contributed by atoms with Crippen LogP contribution in [0.5, 0.6) is 0 Å². The van der Waals surface area contributed by atoms with Crippen LogP contribution in [0.25, 0.3) is 10.9 Å². The third-order valence-corrected chi connectivity index (χ3v) is 5.08. The van der Waals surface area contributed by atoms with Crippen molar-refractivity contribution in [2.45, 2.75) is 12.7 Å². The van der Waals surface area contributed by atoms with E-state index in [0.717, 1.165) is 6.07 Å². The molecule has 0 bridgehead atoms. The Balaban J connectivity index is 1.49. The number of rotatable bonds is 6. The molecule has 1 amide bonds. The molecule has 7 nitrogen and oxygen atoms in total. The minimum Gasteiger partial charge on any atom is -0.478 e. The predicted molar refractivity (Wildman–Crippen MR) is 120 cm³/mol. The first-order valence-electron chi connectivity index (χ1n) is 10.1. The largest absolute Gasteiger partial charge is 0.478 e. The van der Waals surface area contributed by atoms with Gasteiger partial charge in [0.05, 0.1) is 22.2 Å². The molecule has 0 aliphatic rings. The number of carbonyl (C=O) groups is 2. The normalized spacial score (nSPS) is 11.3. The molecule has 0 atom stereocenters. The number of fused-ring (bicyclic) bond motifs is 1. The first-order chi connectivity index (χ1) is 16.6. The summed E-state index contributed by atoms with van der Waals surface area (Å²) < 4.78 is 52.3. The van der Waals surface area contributed by atoms with Gasteiger partial charge in [0.25, 0.3) is 5.91 Å². The van der Waals surface area contributed by atoms with Crippen LogP contribution in [0.2, 0.25) is 0 Å². The molecular formula is C24H16F4N4O3. The molecule has 35 heavy (non-hydrogen) atoms. The minimum atomic E-state index is -4.72. The average molecular weight is 484 g/mol. The standard InChI is InChI=1S/C24H16F4N4O3/c25-19-10-14(24(26,27)28)7-8-16(19)22(33)32-15-4-1-3-13(9-15)11-29-21-17-5-2-6-18(23(34)35)20(17)30-12-31-21/h1-10,12H,11H2,(H,32,33)(H,34,35)(H,29,30,31). The first-order valence-corrected chi connectivity index (χ1v) is 10.1. The second kappa shape index (κ2) is 9.37. The van der Waals surface area contributed by atoms with Crippen molar-refractivity contribution in [2.75, 3.05) is 10.6 Å². The Hall–Kier alpha value is -4.54. The lowest BCUT2D eigenvalue weighted by Gasteiger charge is -2.12. The number of amides is 1. The van der Waals surface area contributed by atoms with Crippen molar-refractivity contribution in [3.05, 3.63) is 95.1 Å².